The standard InChI is InChI=1S/C17H26FNO/c1-2-9-19-13-16(12-14-7-10-20-11-8-14)15-3-5-17(18)6-4-15/h3-6,14,16,19H,2,7-13H2,1H3. The molecular formula is C17H26FNO. The smallest absolute Gasteiger partial charge is 0.123 e. The average Bonchev–Trinajstić information content (AvgIpc) is 2.48. The van der Waals surface area contributed by atoms with Gasteiger partial charge in [-0.3, -0.25) is 0 Å². The first kappa shape index (κ1) is 15.5. The Kier molecular flexibility index (Phi) is 6.48. The van der Waals surface area contributed by atoms with Gasteiger partial charge in [0, 0.05) is 19.8 Å². The predicted octanol–water partition coefficient (Wildman–Crippen LogP) is 3.73. The van der Waals surface area contributed by atoms with Gasteiger partial charge in [0.05, 0.1) is 0 Å². The SMILES string of the molecule is CCCNCC(CC1CCOCC1)c1ccc(F)cc1. The second kappa shape index (κ2) is 8.38. The molecule has 0 amide bonds. The summed E-state index contributed by atoms with van der Waals surface area (Å²) < 4.78 is 18.5. The number of hydrogen-bond donors (Lipinski definition) is 1. The van der Waals surface area contributed by atoms with Gasteiger partial charge in [0.2, 0.25) is 0 Å². The van der Waals surface area contributed by atoms with Crippen LogP contribution in [0.3, 0.4) is 0 Å². The molecule has 1 N–H and O–H groups in total. The van der Waals surface area contributed by atoms with Crippen LogP contribution in [0.4, 0.5) is 4.39 Å². The van der Waals surface area contributed by atoms with Crippen LogP contribution in [-0.4, -0.2) is 26.3 Å². The molecule has 2 nitrogen and oxygen atoms in total. The number of ether oxygens (including phenoxy) is 1. The summed E-state index contributed by atoms with van der Waals surface area (Å²) in [6.45, 7) is 5.99. The van der Waals surface area contributed by atoms with Gasteiger partial charge < -0.3 is 10.1 Å². The first-order valence-electron chi connectivity index (χ1n) is 7.83. The summed E-state index contributed by atoms with van der Waals surface area (Å²) in [7, 11) is 0. The van der Waals surface area contributed by atoms with Crippen molar-refractivity contribution in [2.75, 3.05) is 26.3 Å². The zero-order chi connectivity index (χ0) is 14.2. The summed E-state index contributed by atoms with van der Waals surface area (Å²) in [4.78, 5) is 0. The summed E-state index contributed by atoms with van der Waals surface area (Å²) in [6, 6.07) is 7.03. The van der Waals surface area contributed by atoms with E-state index in [0.717, 1.165) is 51.5 Å². The Labute approximate surface area is 121 Å². The quantitative estimate of drug-likeness (QED) is 0.768. The molecule has 1 unspecified atom stereocenters. The zero-order valence-corrected chi connectivity index (χ0v) is 12.4. The summed E-state index contributed by atoms with van der Waals surface area (Å²) in [5, 5.41) is 3.51. The Hall–Kier alpha value is -0.930. The molecule has 0 spiro atoms. The second-order valence-corrected chi connectivity index (χ2v) is 5.74. The van der Waals surface area contributed by atoms with Crippen molar-refractivity contribution in [3.8, 4) is 0 Å². The predicted molar refractivity (Wildman–Crippen MR) is 80.5 cm³/mol. The van der Waals surface area contributed by atoms with E-state index in [2.05, 4.69) is 12.2 Å². The lowest BCUT2D eigenvalue weighted by Crippen LogP contribution is -2.26. The van der Waals surface area contributed by atoms with Crippen molar-refractivity contribution >= 4 is 0 Å². The molecule has 0 saturated carbocycles. The Morgan fingerprint density at radius 1 is 1.25 bits per heavy atom. The van der Waals surface area contributed by atoms with Gasteiger partial charge in [0.1, 0.15) is 5.82 Å². The van der Waals surface area contributed by atoms with E-state index in [1.54, 1.807) is 12.1 Å². The van der Waals surface area contributed by atoms with Gasteiger partial charge in [-0.1, -0.05) is 19.1 Å². The number of benzene rings is 1. The Morgan fingerprint density at radius 2 is 1.95 bits per heavy atom. The lowest BCUT2D eigenvalue weighted by atomic mass is 9.85. The molecule has 1 atom stereocenters. The maximum atomic E-state index is 13.1. The lowest BCUT2D eigenvalue weighted by molar-refractivity contribution is 0.0616. The third-order valence-corrected chi connectivity index (χ3v) is 4.12. The molecule has 0 aromatic heterocycles. The molecule has 1 aromatic rings. The van der Waals surface area contributed by atoms with E-state index in [0.29, 0.717) is 5.92 Å². The third-order valence-electron chi connectivity index (χ3n) is 4.12. The summed E-state index contributed by atoms with van der Waals surface area (Å²) in [6.07, 6.45) is 4.63. The molecule has 1 saturated heterocycles. The van der Waals surface area contributed by atoms with Gasteiger partial charge in [-0.15, -0.1) is 0 Å². The lowest BCUT2D eigenvalue weighted by Gasteiger charge is -2.27. The summed E-state index contributed by atoms with van der Waals surface area (Å²) >= 11 is 0. The van der Waals surface area contributed by atoms with Crippen molar-refractivity contribution in [3.05, 3.63) is 35.6 Å². The molecule has 20 heavy (non-hydrogen) atoms. The molecule has 0 bridgehead atoms. The number of rotatable bonds is 7. The molecule has 3 heteroatoms. The molecule has 1 aromatic carbocycles. The van der Waals surface area contributed by atoms with E-state index in [4.69, 9.17) is 4.74 Å². The highest BCUT2D eigenvalue weighted by atomic mass is 19.1. The molecular weight excluding hydrogens is 253 g/mol. The first-order chi connectivity index (χ1) is 9.79. The van der Waals surface area contributed by atoms with E-state index < -0.39 is 0 Å². The topological polar surface area (TPSA) is 21.3 Å². The number of nitrogens with one attached hydrogen (secondary N) is 1. The van der Waals surface area contributed by atoms with Crippen molar-refractivity contribution in [2.45, 2.75) is 38.5 Å². The molecule has 2 rings (SSSR count). The molecule has 112 valence electrons. The van der Waals surface area contributed by atoms with Gasteiger partial charge in [-0.25, -0.2) is 4.39 Å². The van der Waals surface area contributed by atoms with Crippen molar-refractivity contribution in [1.82, 2.24) is 5.32 Å². The van der Waals surface area contributed by atoms with Crippen LogP contribution in [0.2, 0.25) is 0 Å². The van der Waals surface area contributed by atoms with E-state index in [9.17, 15) is 4.39 Å². The molecule has 1 fully saturated rings. The Morgan fingerprint density at radius 3 is 2.60 bits per heavy atom. The Balaban J connectivity index is 1.97. The molecule has 0 radical (unpaired) electrons. The van der Waals surface area contributed by atoms with Gasteiger partial charge in [-0.2, -0.15) is 0 Å². The monoisotopic (exact) mass is 279 g/mol. The normalized spacial score (nSPS) is 18.1. The highest BCUT2D eigenvalue weighted by Gasteiger charge is 2.20. The minimum absolute atomic E-state index is 0.153. The van der Waals surface area contributed by atoms with E-state index >= 15 is 0 Å². The van der Waals surface area contributed by atoms with Gasteiger partial charge in [0.25, 0.3) is 0 Å². The highest BCUT2D eigenvalue weighted by Crippen LogP contribution is 2.29. The fourth-order valence-electron chi connectivity index (χ4n) is 2.91. The Bertz CT molecular complexity index is 373. The number of hydrogen-bond acceptors (Lipinski definition) is 2. The molecule has 1 heterocycles. The van der Waals surface area contributed by atoms with Crippen molar-refractivity contribution in [1.29, 1.82) is 0 Å². The largest absolute Gasteiger partial charge is 0.381 e. The van der Waals surface area contributed by atoms with Crippen LogP contribution in [0.25, 0.3) is 0 Å². The van der Waals surface area contributed by atoms with Gasteiger partial charge in [0.15, 0.2) is 0 Å². The zero-order valence-electron chi connectivity index (χ0n) is 12.4. The molecule has 1 aliphatic heterocycles. The highest BCUT2D eigenvalue weighted by molar-refractivity contribution is 5.21. The van der Waals surface area contributed by atoms with Gasteiger partial charge in [-0.05, 0) is 61.8 Å². The molecule has 1 aliphatic rings. The first-order valence-corrected chi connectivity index (χ1v) is 7.83. The van der Waals surface area contributed by atoms with E-state index in [-0.39, 0.29) is 5.82 Å². The van der Waals surface area contributed by atoms with E-state index in [1.165, 1.54) is 12.0 Å². The fourth-order valence-corrected chi connectivity index (χ4v) is 2.91. The maximum absolute atomic E-state index is 13.1. The van der Waals surface area contributed by atoms with Crippen molar-refractivity contribution in [2.24, 2.45) is 5.92 Å². The van der Waals surface area contributed by atoms with Crippen LogP contribution in [0.5, 0.6) is 0 Å². The van der Waals surface area contributed by atoms with Crippen LogP contribution in [0, 0.1) is 11.7 Å². The van der Waals surface area contributed by atoms with Crippen molar-refractivity contribution in [3.63, 3.8) is 0 Å². The van der Waals surface area contributed by atoms with Crippen LogP contribution < -0.4 is 5.32 Å². The second-order valence-electron chi connectivity index (χ2n) is 5.74. The van der Waals surface area contributed by atoms with Crippen molar-refractivity contribution < 1.29 is 9.13 Å². The minimum Gasteiger partial charge on any atom is -0.381 e. The van der Waals surface area contributed by atoms with Gasteiger partial charge >= 0.3 is 0 Å². The maximum Gasteiger partial charge on any atom is 0.123 e. The average molecular weight is 279 g/mol. The van der Waals surface area contributed by atoms with Crippen LogP contribution in [-0.2, 0) is 4.74 Å². The summed E-state index contributed by atoms with van der Waals surface area (Å²) in [5.41, 5.74) is 1.25. The van der Waals surface area contributed by atoms with Crippen LogP contribution in [0.15, 0.2) is 24.3 Å². The minimum atomic E-state index is -0.153. The number of halogens is 1. The van der Waals surface area contributed by atoms with Crippen LogP contribution in [0.1, 0.15) is 44.1 Å². The van der Waals surface area contributed by atoms with Crippen LogP contribution >= 0.6 is 0 Å². The van der Waals surface area contributed by atoms with E-state index in [1.807, 2.05) is 12.1 Å². The molecule has 0 aliphatic carbocycles. The fraction of sp³-hybridized carbons (Fsp3) is 0.647. The third kappa shape index (κ3) is 4.88. The summed E-state index contributed by atoms with van der Waals surface area (Å²) in [5.74, 6) is 1.06.